The Morgan fingerprint density at radius 1 is 1.05 bits per heavy atom. The molecule has 0 atom stereocenters. The molecule has 20 heavy (non-hydrogen) atoms. The van der Waals surface area contributed by atoms with Crippen molar-refractivity contribution in [2.45, 2.75) is 33.6 Å². The summed E-state index contributed by atoms with van der Waals surface area (Å²) in [6.45, 7) is 9.27. The molecule has 0 saturated carbocycles. The minimum Gasteiger partial charge on any atom is -0.490 e. The van der Waals surface area contributed by atoms with Crippen LogP contribution < -0.4 is 9.47 Å². The van der Waals surface area contributed by atoms with E-state index in [4.69, 9.17) is 21.1 Å². The largest absolute Gasteiger partial charge is 0.490 e. The number of aromatic nitrogens is 1. The molecule has 0 unspecified atom stereocenters. The zero-order chi connectivity index (χ0) is 14.7. The number of nitrogens with zero attached hydrogens (tertiary/aromatic N) is 1. The number of pyridine rings is 1. The first kappa shape index (κ1) is 14.9. The van der Waals surface area contributed by atoms with Gasteiger partial charge in [-0.15, -0.1) is 0 Å². The van der Waals surface area contributed by atoms with Crippen molar-refractivity contribution < 1.29 is 9.47 Å². The topological polar surface area (TPSA) is 31.4 Å². The molecule has 0 radical (unpaired) electrons. The van der Waals surface area contributed by atoms with Crippen molar-refractivity contribution in [2.75, 3.05) is 13.2 Å². The third-order valence-corrected chi connectivity index (χ3v) is 3.35. The summed E-state index contributed by atoms with van der Waals surface area (Å²) >= 11 is 6.37. The van der Waals surface area contributed by atoms with E-state index in [-0.39, 0.29) is 0 Å². The molecule has 108 valence electrons. The molecule has 0 saturated heterocycles. The van der Waals surface area contributed by atoms with Gasteiger partial charge in [-0.2, -0.15) is 0 Å². The lowest BCUT2D eigenvalue weighted by Crippen LogP contribution is -2.00. The van der Waals surface area contributed by atoms with E-state index in [1.165, 1.54) is 0 Å². The van der Waals surface area contributed by atoms with Crippen molar-refractivity contribution in [1.82, 2.24) is 4.98 Å². The van der Waals surface area contributed by atoms with E-state index in [2.05, 4.69) is 18.8 Å². The van der Waals surface area contributed by atoms with Gasteiger partial charge in [-0.05, 0) is 31.9 Å². The molecule has 0 spiro atoms. The van der Waals surface area contributed by atoms with Crippen LogP contribution in [0, 0.1) is 0 Å². The molecular formula is C16H20ClNO2. The molecule has 3 nitrogen and oxygen atoms in total. The van der Waals surface area contributed by atoms with Gasteiger partial charge in [-0.1, -0.05) is 25.4 Å². The highest BCUT2D eigenvalue weighted by Crippen LogP contribution is 2.36. The van der Waals surface area contributed by atoms with Crippen molar-refractivity contribution >= 4 is 22.5 Å². The molecule has 2 aromatic rings. The zero-order valence-electron chi connectivity index (χ0n) is 12.4. The van der Waals surface area contributed by atoms with E-state index in [9.17, 15) is 0 Å². The third kappa shape index (κ3) is 2.98. The quantitative estimate of drug-likeness (QED) is 0.793. The Kier molecular flexibility index (Phi) is 4.71. The van der Waals surface area contributed by atoms with Crippen LogP contribution in [-0.4, -0.2) is 18.2 Å². The van der Waals surface area contributed by atoms with Gasteiger partial charge in [-0.25, -0.2) is 0 Å². The minimum atomic E-state index is 0.332. The predicted octanol–water partition coefficient (Wildman–Crippen LogP) is 4.81. The number of halogens is 1. The summed E-state index contributed by atoms with van der Waals surface area (Å²) in [6.07, 6.45) is 0. The fourth-order valence-corrected chi connectivity index (χ4v) is 2.31. The van der Waals surface area contributed by atoms with E-state index in [0.29, 0.717) is 35.7 Å². The van der Waals surface area contributed by atoms with Crippen LogP contribution in [0.3, 0.4) is 0 Å². The normalized spacial score (nSPS) is 11.1. The summed E-state index contributed by atoms with van der Waals surface area (Å²) in [5.74, 6) is 1.76. The highest BCUT2D eigenvalue weighted by atomic mass is 35.5. The van der Waals surface area contributed by atoms with Crippen molar-refractivity contribution in [3.05, 3.63) is 28.9 Å². The second-order valence-electron chi connectivity index (χ2n) is 4.87. The van der Waals surface area contributed by atoms with Crippen LogP contribution in [-0.2, 0) is 0 Å². The van der Waals surface area contributed by atoms with Gasteiger partial charge in [0.1, 0.15) is 0 Å². The van der Waals surface area contributed by atoms with Crippen LogP contribution in [0.4, 0.5) is 0 Å². The first-order valence-electron chi connectivity index (χ1n) is 6.96. The standard InChI is InChI=1S/C16H20ClNO2/c1-5-19-15-7-11-12(17)8-13(10(3)4)18-14(11)9-16(15)20-6-2/h7-10H,5-6H2,1-4H3. The Bertz CT molecular complexity index is 611. The van der Waals surface area contributed by atoms with Crippen LogP contribution in [0.5, 0.6) is 11.5 Å². The van der Waals surface area contributed by atoms with Gasteiger partial charge < -0.3 is 9.47 Å². The lowest BCUT2D eigenvalue weighted by molar-refractivity contribution is 0.288. The molecule has 0 N–H and O–H groups in total. The molecule has 0 aliphatic heterocycles. The third-order valence-electron chi connectivity index (χ3n) is 3.03. The zero-order valence-corrected chi connectivity index (χ0v) is 13.1. The number of ether oxygens (including phenoxy) is 2. The lowest BCUT2D eigenvalue weighted by atomic mass is 10.1. The Morgan fingerprint density at radius 3 is 2.20 bits per heavy atom. The van der Waals surface area contributed by atoms with E-state index in [1.807, 2.05) is 32.0 Å². The SMILES string of the molecule is CCOc1cc2nc(C(C)C)cc(Cl)c2cc1OCC. The van der Waals surface area contributed by atoms with Crippen LogP contribution in [0.2, 0.25) is 5.02 Å². The van der Waals surface area contributed by atoms with Gasteiger partial charge in [0.25, 0.3) is 0 Å². The van der Waals surface area contributed by atoms with Gasteiger partial charge >= 0.3 is 0 Å². The second kappa shape index (κ2) is 6.31. The average molecular weight is 294 g/mol. The summed E-state index contributed by atoms with van der Waals surface area (Å²) in [4.78, 5) is 4.66. The van der Waals surface area contributed by atoms with Gasteiger partial charge in [-0.3, -0.25) is 4.98 Å². The van der Waals surface area contributed by atoms with E-state index in [0.717, 1.165) is 16.6 Å². The first-order chi connectivity index (χ1) is 9.56. The smallest absolute Gasteiger partial charge is 0.163 e. The van der Waals surface area contributed by atoms with E-state index >= 15 is 0 Å². The van der Waals surface area contributed by atoms with Crippen molar-refractivity contribution in [3.8, 4) is 11.5 Å². The maximum atomic E-state index is 6.37. The number of rotatable bonds is 5. The van der Waals surface area contributed by atoms with Gasteiger partial charge in [0.15, 0.2) is 11.5 Å². The molecule has 0 aliphatic carbocycles. The Labute approximate surface area is 124 Å². The molecule has 0 bridgehead atoms. The van der Waals surface area contributed by atoms with Crippen LogP contribution in [0.1, 0.15) is 39.3 Å². The molecule has 0 aliphatic rings. The molecule has 0 amide bonds. The summed E-state index contributed by atoms with van der Waals surface area (Å²) in [5.41, 5.74) is 1.82. The Morgan fingerprint density at radius 2 is 1.65 bits per heavy atom. The maximum absolute atomic E-state index is 6.37. The van der Waals surface area contributed by atoms with Gasteiger partial charge in [0.2, 0.25) is 0 Å². The molecule has 0 fully saturated rings. The van der Waals surface area contributed by atoms with Gasteiger partial charge in [0, 0.05) is 17.1 Å². The minimum absolute atomic E-state index is 0.332. The molecular weight excluding hydrogens is 274 g/mol. The molecule has 1 aromatic carbocycles. The predicted molar refractivity (Wildman–Crippen MR) is 83.2 cm³/mol. The second-order valence-corrected chi connectivity index (χ2v) is 5.27. The lowest BCUT2D eigenvalue weighted by Gasteiger charge is -2.14. The van der Waals surface area contributed by atoms with Gasteiger partial charge in [0.05, 0.1) is 23.8 Å². The Balaban J connectivity index is 2.63. The van der Waals surface area contributed by atoms with E-state index in [1.54, 1.807) is 0 Å². The first-order valence-corrected chi connectivity index (χ1v) is 7.34. The van der Waals surface area contributed by atoms with Crippen molar-refractivity contribution in [3.63, 3.8) is 0 Å². The Hall–Kier alpha value is -1.48. The van der Waals surface area contributed by atoms with Crippen molar-refractivity contribution in [1.29, 1.82) is 0 Å². The van der Waals surface area contributed by atoms with Crippen LogP contribution >= 0.6 is 11.6 Å². The highest BCUT2D eigenvalue weighted by molar-refractivity contribution is 6.35. The molecule has 2 rings (SSSR count). The maximum Gasteiger partial charge on any atom is 0.163 e. The molecule has 1 heterocycles. The monoisotopic (exact) mass is 293 g/mol. The summed E-state index contributed by atoms with van der Waals surface area (Å²) in [5, 5.41) is 1.59. The number of hydrogen-bond donors (Lipinski definition) is 0. The van der Waals surface area contributed by atoms with E-state index < -0.39 is 0 Å². The summed E-state index contributed by atoms with van der Waals surface area (Å²) < 4.78 is 11.2. The number of fused-ring (bicyclic) bond motifs is 1. The van der Waals surface area contributed by atoms with Crippen LogP contribution in [0.15, 0.2) is 18.2 Å². The molecule has 4 heteroatoms. The fourth-order valence-electron chi connectivity index (χ4n) is 2.04. The number of hydrogen-bond acceptors (Lipinski definition) is 3. The highest BCUT2D eigenvalue weighted by Gasteiger charge is 2.13. The average Bonchev–Trinajstić information content (AvgIpc) is 2.40. The van der Waals surface area contributed by atoms with Crippen LogP contribution in [0.25, 0.3) is 10.9 Å². The molecule has 1 aromatic heterocycles. The fraction of sp³-hybridized carbons (Fsp3) is 0.438. The summed E-state index contributed by atoms with van der Waals surface area (Å²) in [6, 6.07) is 5.73. The number of benzene rings is 1. The summed E-state index contributed by atoms with van der Waals surface area (Å²) in [7, 11) is 0. The van der Waals surface area contributed by atoms with Crippen molar-refractivity contribution in [2.24, 2.45) is 0 Å².